The van der Waals surface area contributed by atoms with Gasteiger partial charge in [-0.1, -0.05) is 26.7 Å². The molecule has 1 aliphatic carbocycles. The van der Waals surface area contributed by atoms with Gasteiger partial charge in [-0.05, 0) is 30.6 Å². The average molecular weight is 293 g/mol. The fourth-order valence-electron chi connectivity index (χ4n) is 3.42. The minimum atomic E-state index is -0.526. The number of nitrogens with two attached hydrogens (primary N) is 1. The molecule has 1 aromatic rings. The van der Waals surface area contributed by atoms with Gasteiger partial charge in [0.1, 0.15) is 6.33 Å². The first kappa shape index (κ1) is 15.5. The van der Waals surface area contributed by atoms with Crippen molar-refractivity contribution in [2.75, 3.05) is 17.6 Å². The van der Waals surface area contributed by atoms with Crippen molar-refractivity contribution in [1.82, 2.24) is 9.97 Å². The van der Waals surface area contributed by atoms with E-state index in [1.54, 1.807) is 0 Å². The maximum atomic E-state index is 11.1. The van der Waals surface area contributed by atoms with E-state index in [2.05, 4.69) is 29.1 Å². The predicted molar refractivity (Wildman–Crippen MR) is 81.9 cm³/mol. The molecule has 1 aromatic heterocycles. The highest BCUT2D eigenvalue weighted by atomic mass is 16.6. The van der Waals surface area contributed by atoms with E-state index in [4.69, 9.17) is 5.73 Å². The Bertz CT molecular complexity index is 512. The van der Waals surface area contributed by atoms with E-state index < -0.39 is 4.92 Å². The summed E-state index contributed by atoms with van der Waals surface area (Å²) in [6.07, 6.45) is 7.15. The van der Waals surface area contributed by atoms with Gasteiger partial charge >= 0.3 is 5.69 Å². The number of rotatable bonds is 6. The molecular weight excluding hydrogens is 270 g/mol. The van der Waals surface area contributed by atoms with Crippen LogP contribution in [0.2, 0.25) is 0 Å². The molecule has 0 aliphatic heterocycles. The second-order valence-electron chi connectivity index (χ2n) is 6.37. The summed E-state index contributed by atoms with van der Waals surface area (Å²) in [4.78, 5) is 18.3. The Hall–Kier alpha value is -1.92. The van der Waals surface area contributed by atoms with Crippen molar-refractivity contribution in [2.24, 2.45) is 11.3 Å². The standard InChI is InChI=1S/C14H23N5O2/c1-10(2)7-14(5-3-4-6-14)8-16-13-11(19(20)21)12(15)17-9-18-13/h9-10H,3-8H2,1-2H3,(H3,15,16,17,18). The molecule has 0 unspecified atom stereocenters. The molecule has 7 heteroatoms. The molecule has 2 rings (SSSR count). The van der Waals surface area contributed by atoms with Gasteiger partial charge in [-0.25, -0.2) is 9.97 Å². The van der Waals surface area contributed by atoms with Crippen molar-refractivity contribution in [3.05, 3.63) is 16.4 Å². The third-order valence-corrected chi connectivity index (χ3v) is 4.17. The topological polar surface area (TPSA) is 107 Å². The van der Waals surface area contributed by atoms with E-state index in [-0.39, 0.29) is 22.7 Å². The number of hydrogen-bond donors (Lipinski definition) is 2. The largest absolute Gasteiger partial charge is 0.378 e. The lowest BCUT2D eigenvalue weighted by molar-refractivity contribution is -0.383. The molecule has 0 spiro atoms. The van der Waals surface area contributed by atoms with Crippen LogP contribution in [0.1, 0.15) is 46.0 Å². The highest BCUT2D eigenvalue weighted by Crippen LogP contribution is 2.43. The van der Waals surface area contributed by atoms with Crippen LogP contribution >= 0.6 is 0 Å². The van der Waals surface area contributed by atoms with E-state index >= 15 is 0 Å². The van der Waals surface area contributed by atoms with Gasteiger partial charge in [0.25, 0.3) is 0 Å². The number of nitro groups is 1. The lowest BCUT2D eigenvalue weighted by atomic mass is 9.78. The van der Waals surface area contributed by atoms with Crippen LogP contribution in [-0.4, -0.2) is 21.4 Å². The fraction of sp³-hybridized carbons (Fsp3) is 0.714. The van der Waals surface area contributed by atoms with Gasteiger partial charge in [0.15, 0.2) is 0 Å². The summed E-state index contributed by atoms with van der Waals surface area (Å²) in [6, 6.07) is 0. The zero-order valence-corrected chi connectivity index (χ0v) is 12.6. The molecule has 1 saturated carbocycles. The van der Waals surface area contributed by atoms with E-state index in [1.807, 2.05) is 0 Å². The molecule has 7 nitrogen and oxygen atoms in total. The molecule has 0 atom stereocenters. The number of hydrogen-bond acceptors (Lipinski definition) is 6. The number of aromatic nitrogens is 2. The van der Waals surface area contributed by atoms with Gasteiger partial charge in [0.05, 0.1) is 4.92 Å². The molecule has 1 fully saturated rings. The molecular formula is C14H23N5O2. The van der Waals surface area contributed by atoms with Crippen molar-refractivity contribution in [1.29, 1.82) is 0 Å². The lowest BCUT2D eigenvalue weighted by Crippen LogP contribution is -2.29. The Balaban J connectivity index is 2.15. The second-order valence-corrected chi connectivity index (χ2v) is 6.37. The Labute approximate surface area is 124 Å². The molecule has 0 bridgehead atoms. The van der Waals surface area contributed by atoms with E-state index in [1.165, 1.54) is 19.2 Å². The Morgan fingerprint density at radius 1 is 1.43 bits per heavy atom. The molecule has 0 aromatic carbocycles. The molecule has 0 amide bonds. The summed E-state index contributed by atoms with van der Waals surface area (Å²) < 4.78 is 0. The molecule has 116 valence electrons. The third-order valence-electron chi connectivity index (χ3n) is 4.17. The number of anilines is 2. The zero-order chi connectivity index (χ0) is 15.5. The smallest absolute Gasteiger partial charge is 0.352 e. The Morgan fingerprint density at radius 3 is 2.67 bits per heavy atom. The predicted octanol–water partition coefficient (Wildman–Crippen LogP) is 2.99. The summed E-state index contributed by atoms with van der Waals surface area (Å²) >= 11 is 0. The first-order valence-corrected chi connectivity index (χ1v) is 7.42. The van der Waals surface area contributed by atoms with Crippen LogP contribution in [0.5, 0.6) is 0 Å². The van der Waals surface area contributed by atoms with E-state index in [0.717, 1.165) is 19.3 Å². The Morgan fingerprint density at radius 2 is 2.10 bits per heavy atom. The third kappa shape index (κ3) is 3.59. The van der Waals surface area contributed by atoms with Crippen LogP contribution in [-0.2, 0) is 0 Å². The van der Waals surface area contributed by atoms with Gasteiger partial charge in [-0.2, -0.15) is 0 Å². The first-order chi connectivity index (χ1) is 9.93. The zero-order valence-electron chi connectivity index (χ0n) is 12.6. The van der Waals surface area contributed by atoms with Crippen LogP contribution in [0.25, 0.3) is 0 Å². The monoisotopic (exact) mass is 293 g/mol. The molecule has 3 N–H and O–H groups in total. The van der Waals surface area contributed by atoms with Crippen molar-refractivity contribution < 1.29 is 4.92 Å². The number of nitrogens with one attached hydrogen (secondary N) is 1. The summed E-state index contributed by atoms with van der Waals surface area (Å²) in [5.74, 6) is 0.736. The number of nitrogens with zero attached hydrogens (tertiary/aromatic N) is 3. The molecule has 0 radical (unpaired) electrons. The summed E-state index contributed by atoms with van der Waals surface area (Å²) in [5.41, 5.74) is 5.57. The first-order valence-electron chi connectivity index (χ1n) is 7.42. The van der Waals surface area contributed by atoms with Crippen molar-refractivity contribution in [3.63, 3.8) is 0 Å². The summed E-state index contributed by atoms with van der Waals surface area (Å²) in [5, 5.41) is 14.3. The van der Waals surface area contributed by atoms with Crippen LogP contribution < -0.4 is 11.1 Å². The van der Waals surface area contributed by atoms with Gasteiger partial charge in [0.2, 0.25) is 11.6 Å². The molecule has 1 aliphatic rings. The Kier molecular flexibility index (Phi) is 4.59. The van der Waals surface area contributed by atoms with Crippen LogP contribution in [0.3, 0.4) is 0 Å². The van der Waals surface area contributed by atoms with Crippen molar-refractivity contribution in [3.8, 4) is 0 Å². The van der Waals surface area contributed by atoms with Gasteiger partial charge in [-0.15, -0.1) is 0 Å². The highest BCUT2D eigenvalue weighted by molar-refractivity contribution is 5.67. The molecule has 21 heavy (non-hydrogen) atoms. The maximum Gasteiger partial charge on any atom is 0.352 e. The van der Waals surface area contributed by atoms with Crippen LogP contribution in [0.15, 0.2) is 6.33 Å². The van der Waals surface area contributed by atoms with Gasteiger partial charge in [0, 0.05) is 6.54 Å². The summed E-state index contributed by atoms with van der Waals surface area (Å²) in [6.45, 7) is 5.12. The maximum absolute atomic E-state index is 11.1. The SMILES string of the molecule is CC(C)CC1(CNc2ncnc(N)c2[N+](=O)[O-])CCCC1. The van der Waals surface area contributed by atoms with Crippen LogP contribution in [0.4, 0.5) is 17.3 Å². The van der Waals surface area contributed by atoms with Crippen molar-refractivity contribution >= 4 is 17.3 Å². The average Bonchev–Trinajstić information content (AvgIpc) is 2.84. The number of nitrogen functional groups attached to an aromatic ring is 1. The second kappa shape index (κ2) is 6.24. The lowest BCUT2D eigenvalue weighted by Gasteiger charge is -2.31. The molecule has 0 saturated heterocycles. The normalized spacial score (nSPS) is 17.1. The van der Waals surface area contributed by atoms with Crippen molar-refractivity contribution in [2.45, 2.75) is 46.0 Å². The highest BCUT2D eigenvalue weighted by Gasteiger charge is 2.35. The minimum absolute atomic E-state index is 0.0955. The quantitative estimate of drug-likeness (QED) is 0.616. The fourth-order valence-corrected chi connectivity index (χ4v) is 3.42. The summed E-state index contributed by atoms with van der Waals surface area (Å²) in [7, 11) is 0. The van der Waals surface area contributed by atoms with Crippen LogP contribution in [0, 0.1) is 21.4 Å². The van der Waals surface area contributed by atoms with E-state index in [9.17, 15) is 10.1 Å². The minimum Gasteiger partial charge on any atom is -0.378 e. The molecule has 1 heterocycles. The van der Waals surface area contributed by atoms with E-state index in [0.29, 0.717) is 12.5 Å². The van der Waals surface area contributed by atoms with Gasteiger partial charge in [-0.3, -0.25) is 10.1 Å². The van der Waals surface area contributed by atoms with Gasteiger partial charge < -0.3 is 11.1 Å².